The summed E-state index contributed by atoms with van der Waals surface area (Å²) in [5, 5.41) is 0.516. The molecule has 1 N–H and O–H groups in total. The summed E-state index contributed by atoms with van der Waals surface area (Å²) in [6.07, 6.45) is -6.25. The summed E-state index contributed by atoms with van der Waals surface area (Å²) in [6.45, 7) is 0. The molecule has 0 atom stereocenters. The van der Waals surface area contributed by atoms with Gasteiger partial charge in [0.1, 0.15) is 6.42 Å². The second-order valence-corrected chi connectivity index (χ2v) is 3.81. The second-order valence-electron chi connectivity index (χ2n) is 3.81. The number of carbonyl (C=O) groups is 1. The molecular weight excluding hydrogens is 247 g/mol. The zero-order valence-electron chi connectivity index (χ0n) is 9.04. The van der Waals surface area contributed by atoms with Crippen molar-refractivity contribution in [1.29, 1.82) is 0 Å². The lowest BCUT2D eigenvalue weighted by atomic mass is 10.1. The summed E-state index contributed by atoms with van der Waals surface area (Å²) < 4.78 is 36.3. The van der Waals surface area contributed by atoms with Gasteiger partial charge in [-0.25, -0.2) is 0 Å². The topological polar surface area (TPSA) is 49.9 Å². The smallest absolute Gasteiger partial charge is 0.321 e. The third-order valence-corrected chi connectivity index (χ3v) is 2.41. The number of carbonyl (C=O) groups excluding carboxylic acids is 1. The van der Waals surface area contributed by atoms with E-state index in [9.17, 15) is 22.8 Å². The fourth-order valence-corrected chi connectivity index (χ4v) is 1.63. The van der Waals surface area contributed by atoms with Gasteiger partial charge >= 0.3 is 6.18 Å². The van der Waals surface area contributed by atoms with Crippen molar-refractivity contribution in [3.63, 3.8) is 0 Å². The van der Waals surface area contributed by atoms with E-state index in [1.807, 2.05) is 0 Å². The molecule has 0 saturated carbocycles. The number of rotatable bonds is 2. The largest absolute Gasteiger partial charge is 0.396 e. The fraction of sp³-hybridized carbons (Fsp3) is 0.167. The average Bonchev–Trinajstić information content (AvgIpc) is 2.25. The van der Waals surface area contributed by atoms with Gasteiger partial charge in [0.25, 0.3) is 5.56 Å². The first-order valence-corrected chi connectivity index (χ1v) is 5.09. The summed E-state index contributed by atoms with van der Waals surface area (Å²) in [7, 11) is 0. The first-order valence-electron chi connectivity index (χ1n) is 5.09. The molecule has 6 heteroatoms. The number of ketones is 1. The number of hydrogen-bond acceptors (Lipinski definition) is 2. The van der Waals surface area contributed by atoms with Gasteiger partial charge in [-0.3, -0.25) is 9.59 Å². The Labute approximate surface area is 99.2 Å². The van der Waals surface area contributed by atoms with Crippen molar-refractivity contribution in [3.8, 4) is 0 Å². The fourth-order valence-electron chi connectivity index (χ4n) is 1.63. The number of nitrogens with one attached hydrogen (secondary N) is 1. The normalized spacial score (nSPS) is 11.7. The third-order valence-electron chi connectivity index (χ3n) is 2.41. The Balaban J connectivity index is 2.48. The lowest BCUT2D eigenvalue weighted by Crippen LogP contribution is -2.22. The Hall–Kier alpha value is -2.11. The van der Waals surface area contributed by atoms with Gasteiger partial charge in [0, 0.05) is 5.52 Å². The molecule has 0 radical (unpaired) electrons. The van der Waals surface area contributed by atoms with Crippen LogP contribution in [0.5, 0.6) is 0 Å². The molecule has 0 amide bonds. The minimum atomic E-state index is -4.62. The predicted molar refractivity (Wildman–Crippen MR) is 59.6 cm³/mol. The van der Waals surface area contributed by atoms with E-state index in [-0.39, 0.29) is 0 Å². The lowest BCUT2D eigenvalue weighted by Gasteiger charge is -2.05. The van der Waals surface area contributed by atoms with Gasteiger partial charge < -0.3 is 4.98 Å². The number of aromatic amines is 1. The van der Waals surface area contributed by atoms with Crippen LogP contribution in [0.1, 0.15) is 16.8 Å². The van der Waals surface area contributed by atoms with E-state index in [4.69, 9.17) is 0 Å². The van der Waals surface area contributed by atoms with Crippen LogP contribution in [-0.4, -0.2) is 16.9 Å². The number of aromatic nitrogens is 1. The van der Waals surface area contributed by atoms with Gasteiger partial charge in [-0.05, 0) is 17.5 Å². The van der Waals surface area contributed by atoms with Crippen LogP contribution in [-0.2, 0) is 0 Å². The van der Waals surface area contributed by atoms with E-state index in [2.05, 4.69) is 4.98 Å². The van der Waals surface area contributed by atoms with E-state index >= 15 is 0 Å². The molecule has 1 aromatic carbocycles. The van der Waals surface area contributed by atoms with Crippen LogP contribution in [0.3, 0.4) is 0 Å². The van der Waals surface area contributed by atoms with Gasteiger partial charge in [0.15, 0.2) is 5.78 Å². The Kier molecular flexibility index (Phi) is 2.94. The molecule has 0 aliphatic heterocycles. The average molecular weight is 255 g/mol. The van der Waals surface area contributed by atoms with Crippen molar-refractivity contribution < 1.29 is 18.0 Å². The summed E-state index contributed by atoms with van der Waals surface area (Å²) in [5.41, 5.74) is -0.792. The molecule has 0 unspecified atom stereocenters. The number of para-hydroxylation sites is 1. The van der Waals surface area contributed by atoms with Crippen LogP contribution < -0.4 is 5.56 Å². The quantitative estimate of drug-likeness (QED) is 0.839. The molecule has 0 aliphatic carbocycles. The van der Waals surface area contributed by atoms with E-state index in [1.54, 1.807) is 24.3 Å². The minimum absolute atomic E-state index is 0.467. The van der Waals surface area contributed by atoms with E-state index in [1.165, 1.54) is 6.07 Å². The summed E-state index contributed by atoms with van der Waals surface area (Å²) in [4.78, 5) is 25.3. The van der Waals surface area contributed by atoms with Crippen LogP contribution in [0.2, 0.25) is 0 Å². The maximum atomic E-state index is 12.1. The summed E-state index contributed by atoms with van der Waals surface area (Å²) in [6, 6.07) is 7.74. The summed E-state index contributed by atoms with van der Waals surface area (Å²) in [5.74, 6) is -1.23. The molecule has 0 saturated heterocycles. The van der Waals surface area contributed by atoms with Gasteiger partial charge in [0.2, 0.25) is 0 Å². The zero-order valence-corrected chi connectivity index (χ0v) is 9.04. The van der Waals surface area contributed by atoms with E-state index in [0.29, 0.717) is 10.9 Å². The van der Waals surface area contributed by atoms with Crippen LogP contribution >= 0.6 is 0 Å². The number of hydrogen-bond donors (Lipinski definition) is 1. The zero-order chi connectivity index (χ0) is 13.3. The number of fused-ring (bicyclic) bond motifs is 1. The first-order chi connectivity index (χ1) is 8.37. The summed E-state index contributed by atoms with van der Waals surface area (Å²) >= 11 is 0. The highest BCUT2D eigenvalue weighted by Crippen LogP contribution is 2.22. The molecule has 0 fully saturated rings. The van der Waals surface area contributed by atoms with Crippen molar-refractivity contribution in [2.75, 3.05) is 0 Å². The number of halogens is 3. The van der Waals surface area contributed by atoms with Crippen molar-refractivity contribution in [2.24, 2.45) is 0 Å². The molecule has 18 heavy (non-hydrogen) atoms. The third kappa shape index (κ3) is 2.58. The van der Waals surface area contributed by atoms with Crippen molar-refractivity contribution in [2.45, 2.75) is 12.6 Å². The van der Waals surface area contributed by atoms with Crippen molar-refractivity contribution >= 4 is 16.7 Å². The molecule has 1 heterocycles. The van der Waals surface area contributed by atoms with Crippen LogP contribution in [0.4, 0.5) is 13.2 Å². The van der Waals surface area contributed by atoms with Crippen molar-refractivity contribution in [1.82, 2.24) is 4.98 Å². The molecule has 2 aromatic rings. The van der Waals surface area contributed by atoms with E-state index in [0.717, 1.165) is 0 Å². The number of Topliss-reactive ketones (excluding diaryl/α,β-unsaturated/α-hetero) is 1. The monoisotopic (exact) mass is 255 g/mol. The number of alkyl halides is 3. The van der Waals surface area contributed by atoms with Gasteiger partial charge in [-0.1, -0.05) is 18.2 Å². The molecule has 1 aromatic heterocycles. The van der Waals surface area contributed by atoms with Gasteiger partial charge in [-0.15, -0.1) is 0 Å². The molecule has 2 rings (SSSR count). The Bertz CT molecular complexity index is 658. The van der Waals surface area contributed by atoms with Crippen LogP contribution in [0.15, 0.2) is 35.1 Å². The highest BCUT2D eigenvalue weighted by atomic mass is 19.4. The van der Waals surface area contributed by atoms with Crippen LogP contribution in [0.25, 0.3) is 10.9 Å². The highest BCUT2D eigenvalue weighted by molar-refractivity contribution is 5.98. The van der Waals surface area contributed by atoms with Crippen molar-refractivity contribution in [3.05, 3.63) is 46.2 Å². The van der Waals surface area contributed by atoms with Crippen LogP contribution in [0, 0.1) is 0 Å². The van der Waals surface area contributed by atoms with Gasteiger partial charge in [-0.2, -0.15) is 13.2 Å². The molecule has 3 nitrogen and oxygen atoms in total. The maximum absolute atomic E-state index is 12.1. The number of benzene rings is 1. The van der Waals surface area contributed by atoms with E-state index < -0.39 is 29.5 Å². The minimum Gasteiger partial charge on any atom is -0.321 e. The Morgan fingerprint density at radius 3 is 2.56 bits per heavy atom. The molecule has 0 bridgehead atoms. The number of H-pyrrole nitrogens is 1. The van der Waals surface area contributed by atoms with Gasteiger partial charge in [0.05, 0.1) is 5.56 Å². The highest BCUT2D eigenvalue weighted by Gasteiger charge is 2.32. The lowest BCUT2D eigenvalue weighted by molar-refractivity contribution is -0.125. The Morgan fingerprint density at radius 2 is 1.89 bits per heavy atom. The molecular formula is C12H8F3NO2. The molecule has 0 aliphatic rings. The number of pyridine rings is 1. The maximum Gasteiger partial charge on any atom is 0.396 e. The SMILES string of the molecule is O=C(CC(F)(F)F)c1cc2ccccc2[nH]c1=O. The second kappa shape index (κ2) is 4.29. The standard InChI is InChI=1S/C12H8F3NO2/c13-12(14,15)6-10(17)8-5-7-3-1-2-4-9(7)16-11(8)18/h1-5H,6H2,(H,16,18). The predicted octanol–water partition coefficient (Wildman–Crippen LogP) is 2.66. The Morgan fingerprint density at radius 1 is 1.22 bits per heavy atom. The molecule has 94 valence electrons. The molecule has 0 spiro atoms. The first kappa shape index (κ1) is 12.3.